The summed E-state index contributed by atoms with van der Waals surface area (Å²) in [6.45, 7) is 2.92. The van der Waals surface area contributed by atoms with E-state index in [4.69, 9.17) is 0 Å². The van der Waals surface area contributed by atoms with Gasteiger partial charge in [0.05, 0.1) is 11.9 Å². The van der Waals surface area contributed by atoms with Crippen molar-refractivity contribution in [3.8, 4) is 0 Å². The van der Waals surface area contributed by atoms with Gasteiger partial charge in [-0.2, -0.15) is 10.2 Å². The highest BCUT2D eigenvalue weighted by Gasteiger charge is 2.06. The van der Waals surface area contributed by atoms with Crippen LogP contribution < -0.4 is 5.32 Å². The SMILES string of the molecule is C[C@H](NCc1ccnn1C)c1cn[nH]c1. The average Bonchev–Trinajstić information content (AvgIpc) is 2.85. The number of hydrogen-bond acceptors (Lipinski definition) is 3. The molecule has 0 saturated carbocycles. The van der Waals surface area contributed by atoms with Crippen LogP contribution in [0.15, 0.2) is 24.7 Å². The van der Waals surface area contributed by atoms with Gasteiger partial charge in [0.2, 0.25) is 0 Å². The summed E-state index contributed by atoms with van der Waals surface area (Å²) in [5.74, 6) is 0. The summed E-state index contributed by atoms with van der Waals surface area (Å²) in [4.78, 5) is 0. The minimum Gasteiger partial charge on any atom is -0.304 e. The van der Waals surface area contributed by atoms with Crippen molar-refractivity contribution in [2.45, 2.75) is 19.5 Å². The van der Waals surface area contributed by atoms with Gasteiger partial charge in [-0.3, -0.25) is 9.78 Å². The first-order chi connectivity index (χ1) is 7.27. The van der Waals surface area contributed by atoms with Gasteiger partial charge in [0.1, 0.15) is 0 Å². The second kappa shape index (κ2) is 4.27. The Morgan fingerprint density at radius 3 is 3.07 bits per heavy atom. The van der Waals surface area contributed by atoms with Crippen molar-refractivity contribution >= 4 is 0 Å². The van der Waals surface area contributed by atoms with Gasteiger partial charge in [-0.05, 0) is 13.0 Å². The van der Waals surface area contributed by atoms with Crippen molar-refractivity contribution in [2.75, 3.05) is 0 Å². The van der Waals surface area contributed by atoms with Crippen LogP contribution in [0, 0.1) is 0 Å². The van der Waals surface area contributed by atoms with E-state index in [-0.39, 0.29) is 0 Å². The molecule has 1 atom stereocenters. The molecule has 0 aliphatic heterocycles. The Balaban J connectivity index is 1.91. The van der Waals surface area contributed by atoms with Crippen molar-refractivity contribution in [3.63, 3.8) is 0 Å². The minimum atomic E-state index is 0.290. The molecule has 2 N–H and O–H groups in total. The van der Waals surface area contributed by atoms with Crippen LogP contribution in [0.4, 0.5) is 0 Å². The van der Waals surface area contributed by atoms with E-state index in [1.54, 1.807) is 6.20 Å². The highest BCUT2D eigenvalue weighted by atomic mass is 15.3. The Hall–Kier alpha value is -1.62. The monoisotopic (exact) mass is 205 g/mol. The molecule has 5 heteroatoms. The number of nitrogens with zero attached hydrogens (tertiary/aromatic N) is 3. The van der Waals surface area contributed by atoms with Crippen LogP contribution in [-0.2, 0) is 13.6 Å². The molecule has 2 rings (SSSR count). The maximum Gasteiger partial charge on any atom is 0.0534 e. The third-order valence-electron chi connectivity index (χ3n) is 2.53. The van der Waals surface area contributed by atoms with E-state index in [2.05, 4.69) is 27.5 Å². The second-order valence-corrected chi connectivity index (χ2v) is 3.58. The Labute approximate surface area is 88.5 Å². The Morgan fingerprint density at radius 2 is 2.47 bits per heavy atom. The van der Waals surface area contributed by atoms with Gasteiger partial charge in [-0.1, -0.05) is 0 Å². The van der Waals surface area contributed by atoms with E-state index in [0.29, 0.717) is 6.04 Å². The number of nitrogens with one attached hydrogen (secondary N) is 2. The first-order valence-corrected chi connectivity index (χ1v) is 4.96. The van der Waals surface area contributed by atoms with Crippen molar-refractivity contribution in [1.82, 2.24) is 25.3 Å². The zero-order chi connectivity index (χ0) is 10.7. The fraction of sp³-hybridized carbons (Fsp3) is 0.400. The van der Waals surface area contributed by atoms with Gasteiger partial charge in [-0.25, -0.2) is 0 Å². The molecule has 0 aliphatic carbocycles. The van der Waals surface area contributed by atoms with Crippen LogP contribution in [0.1, 0.15) is 24.2 Å². The Morgan fingerprint density at radius 1 is 1.60 bits per heavy atom. The molecule has 0 fully saturated rings. The number of rotatable bonds is 4. The molecule has 0 unspecified atom stereocenters. The third kappa shape index (κ3) is 2.24. The van der Waals surface area contributed by atoms with E-state index in [1.807, 2.05) is 30.2 Å². The van der Waals surface area contributed by atoms with Crippen LogP contribution in [-0.4, -0.2) is 20.0 Å². The van der Waals surface area contributed by atoms with Crippen LogP contribution in [0.5, 0.6) is 0 Å². The van der Waals surface area contributed by atoms with Crippen LogP contribution in [0.25, 0.3) is 0 Å². The minimum absolute atomic E-state index is 0.290. The van der Waals surface area contributed by atoms with E-state index in [0.717, 1.165) is 12.1 Å². The van der Waals surface area contributed by atoms with Crippen molar-refractivity contribution in [3.05, 3.63) is 35.9 Å². The van der Waals surface area contributed by atoms with Gasteiger partial charge >= 0.3 is 0 Å². The maximum atomic E-state index is 4.12. The quantitative estimate of drug-likeness (QED) is 0.782. The number of aryl methyl sites for hydroxylation is 1. The molecular formula is C10H15N5. The topological polar surface area (TPSA) is 58.5 Å². The summed E-state index contributed by atoms with van der Waals surface area (Å²) >= 11 is 0. The zero-order valence-corrected chi connectivity index (χ0v) is 8.94. The van der Waals surface area contributed by atoms with Gasteiger partial charge in [0.15, 0.2) is 0 Å². The molecule has 15 heavy (non-hydrogen) atoms. The highest BCUT2D eigenvalue weighted by Crippen LogP contribution is 2.09. The first-order valence-electron chi connectivity index (χ1n) is 4.96. The van der Waals surface area contributed by atoms with Gasteiger partial charge in [0, 0.05) is 37.6 Å². The average molecular weight is 205 g/mol. The predicted molar refractivity (Wildman–Crippen MR) is 57.1 cm³/mol. The lowest BCUT2D eigenvalue weighted by Crippen LogP contribution is -2.19. The number of hydrogen-bond donors (Lipinski definition) is 2. The normalized spacial score (nSPS) is 12.9. The summed E-state index contributed by atoms with van der Waals surface area (Å²) < 4.78 is 1.87. The fourth-order valence-corrected chi connectivity index (χ4v) is 1.45. The van der Waals surface area contributed by atoms with Crippen molar-refractivity contribution < 1.29 is 0 Å². The lowest BCUT2D eigenvalue weighted by Gasteiger charge is -2.11. The molecule has 0 radical (unpaired) electrons. The summed E-state index contributed by atoms with van der Waals surface area (Å²) in [5.41, 5.74) is 2.34. The summed E-state index contributed by atoms with van der Waals surface area (Å²) in [5, 5.41) is 14.3. The summed E-state index contributed by atoms with van der Waals surface area (Å²) in [6, 6.07) is 2.30. The van der Waals surface area contributed by atoms with Crippen LogP contribution in [0.3, 0.4) is 0 Å². The lowest BCUT2D eigenvalue weighted by molar-refractivity contribution is 0.548. The summed E-state index contributed by atoms with van der Waals surface area (Å²) in [7, 11) is 1.94. The molecule has 0 bridgehead atoms. The molecule has 0 amide bonds. The number of aromatic nitrogens is 4. The standard InChI is InChI=1S/C10H15N5/c1-8(9-5-12-13-6-9)11-7-10-3-4-14-15(10)2/h3-6,8,11H,7H2,1-2H3,(H,12,13)/t8-/m0/s1. The molecule has 5 nitrogen and oxygen atoms in total. The van der Waals surface area contributed by atoms with Gasteiger partial charge < -0.3 is 5.32 Å². The maximum absolute atomic E-state index is 4.12. The molecule has 2 aromatic rings. The fourth-order valence-electron chi connectivity index (χ4n) is 1.45. The molecule has 0 saturated heterocycles. The highest BCUT2D eigenvalue weighted by molar-refractivity contribution is 5.09. The van der Waals surface area contributed by atoms with Gasteiger partial charge in [-0.15, -0.1) is 0 Å². The Kier molecular flexibility index (Phi) is 2.82. The molecule has 80 valence electrons. The number of aromatic amines is 1. The van der Waals surface area contributed by atoms with Crippen molar-refractivity contribution in [1.29, 1.82) is 0 Å². The lowest BCUT2D eigenvalue weighted by atomic mass is 10.2. The second-order valence-electron chi connectivity index (χ2n) is 3.58. The molecular weight excluding hydrogens is 190 g/mol. The molecule has 0 aromatic carbocycles. The van der Waals surface area contributed by atoms with Crippen molar-refractivity contribution in [2.24, 2.45) is 7.05 Å². The number of H-pyrrole nitrogens is 1. The van der Waals surface area contributed by atoms with E-state index in [1.165, 1.54) is 5.69 Å². The molecule has 2 aromatic heterocycles. The van der Waals surface area contributed by atoms with Gasteiger partial charge in [0.25, 0.3) is 0 Å². The summed E-state index contributed by atoms with van der Waals surface area (Å²) in [6.07, 6.45) is 5.54. The van der Waals surface area contributed by atoms with Crippen LogP contribution in [0.2, 0.25) is 0 Å². The van der Waals surface area contributed by atoms with E-state index >= 15 is 0 Å². The molecule has 0 spiro atoms. The Bertz CT molecular complexity index is 403. The largest absolute Gasteiger partial charge is 0.304 e. The molecule has 0 aliphatic rings. The first kappa shape index (κ1) is 9.92. The van der Waals surface area contributed by atoms with E-state index in [9.17, 15) is 0 Å². The third-order valence-corrected chi connectivity index (χ3v) is 2.53. The zero-order valence-electron chi connectivity index (χ0n) is 8.94. The van der Waals surface area contributed by atoms with E-state index < -0.39 is 0 Å². The molecule has 2 heterocycles. The predicted octanol–water partition coefficient (Wildman–Crippen LogP) is 0.994. The smallest absolute Gasteiger partial charge is 0.0534 e. The van der Waals surface area contributed by atoms with Crippen LogP contribution >= 0.6 is 0 Å².